The Morgan fingerprint density at radius 3 is 2.52 bits per heavy atom. The largest absolute Gasteiger partial charge is 0.493 e. The molecule has 0 radical (unpaired) electrons. The smallest absolute Gasteiger partial charge is 0.161 e. The van der Waals surface area contributed by atoms with E-state index in [2.05, 4.69) is 52.8 Å². The zero-order valence-corrected chi connectivity index (χ0v) is 14.6. The first kappa shape index (κ1) is 15.4. The Hall–Kier alpha value is -3.08. The van der Waals surface area contributed by atoms with Gasteiger partial charge in [0.15, 0.2) is 11.5 Å². The number of H-pyrrole nitrogens is 2. The molecule has 0 aromatic heterocycles. The molecular weight excluding hydrogens is 314 g/mol. The highest BCUT2D eigenvalue weighted by Crippen LogP contribution is 2.42. The number of hydrogen-bond acceptors (Lipinski definition) is 3. The molecule has 0 atom stereocenters. The molecule has 0 spiro atoms. The average molecular weight is 335 g/mol. The lowest BCUT2D eigenvalue weighted by Gasteiger charge is -2.07. The van der Waals surface area contributed by atoms with Gasteiger partial charge in [-0.15, -0.1) is 0 Å². The highest BCUT2D eigenvalue weighted by atomic mass is 16.5. The summed E-state index contributed by atoms with van der Waals surface area (Å²) in [6.07, 6.45) is 1.02. The molecule has 5 nitrogen and oxygen atoms in total. The maximum atomic E-state index is 5.43. The predicted octanol–water partition coefficient (Wildman–Crippen LogP) is 4.92. The van der Waals surface area contributed by atoms with Gasteiger partial charge in [0.2, 0.25) is 0 Å². The van der Waals surface area contributed by atoms with Gasteiger partial charge in [-0.1, -0.05) is 19.1 Å². The van der Waals surface area contributed by atoms with Gasteiger partial charge in [-0.25, -0.2) is 0 Å². The number of benzene rings is 2. The second-order valence-corrected chi connectivity index (χ2v) is 6.03. The summed E-state index contributed by atoms with van der Waals surface area (Å²) in [5, 5.41) is 12.2. The first-order valence-corrected chi connectivity index (χ1v) is 8.34. The van der Waals surface area contributed by atoms with E-state index in [4.69, 9.17) is 9.47 Å². The highest BCUT2D eigenvalue weighted by Gasteiger charge is 2.19. The Morgan fingerprint density at radius 1 is 0.960 bits per heavy atom. The van der Waals surface area contributed by atoms with Crippen molar-refractivity contribution in [1.82, 2.24) is 10.2 Å². The van der Waals surface area contributed by atoms with Crippen LogP contribution in [0.15, 0.2) is 42.5 Å². The van der Waals surface area contributed by atoms with Gasteiger partial charge in [0.05, 0.1) is 19.9 Å². The molecule has 1 aliphatic carbocycles. The van der Waals surface area contributed by atoms with Crippen molar-refractivity contribution in [3.05, 3.63) is 48.0 Å². The molecule has 25 heavy (non-hydrogen) atoms. The Labute approximate surface area is 146 Å². The Morgan fingerprint density at radius 2 is 1.76 bits per heavy atom. The molecule has 0 saturated carbocycles. The molecule has 0 unspecified atom stereocenters. The van der Waals surface area contributed by atoms with Gasteiger partial charge in [-0.05, 0) is 47.7 Å². The van der Waals surface area contributed by atoms with E-state index in [1.54, 1.807) is 14.2 Å². The molecule has 0 fully saturated rings. The fraction of sp³-hybridized carbons (Fsp3) is 0.200. The Kier molecular flexibility index (Phi) is 3.76. The molecule has 5 heteroatoms. The van der Waals surface area contributed by atoms with Gasteiger partial charge < -0.3 is 14.8 Å². The number of ether oxygens (including phenoxy) is 2. The number of hydrogen-bond donors (Lipinski definition) is 3. The van der Waals surface area contributed by atoms with Crippen LogP contribution in [0.2, 0.25) is 0 Å². The van der Waals surface area contributed by atoms with E-state index in [-0.39, 0.29) is 0 Å². The number of anilines is 2. The van der Waals surface area contributed by atoms with Crippen molar-refractivity contribution >= 4 is 22.3 Å². The number of aromatic amines is 2. The van der Waals surface area contributed by atoms with Crippen molar-refractivity contribution in [1.29, 1.82) is 0 Å². The Bertz CT molecular complexity index is 1000. The van der Waals surface area contributed by atoms with Crippen molar-refractivity contribution in [2.75, 3.05) is 19.5 Å². The summed E-state index contributed by atoms with van der Waals surface area (Å²) in [6, 6.07) is 14.6. The number of nitrogens with one attached hydrogen (secondary N) is 3. The lowest BCUT2D eigenvalue weighted by molar-refractivity contribution is 0.356. The van der Waals surface area contributed by atoms with Gasteiger partial charge in [0, 0.05) is 16.6 Å². The minimum absolute atomic E-state index is 0.724. The normalized spacial score (nSPS) is 11.2. The molecule has 2 aliphatic rings. The monoisotopic (exact) mass is 335 g/mol. The molecule has 1 heterocycles. The van der Waals surface area contributed by atoms with Gasteiger partial charge >= 0.3 is 0 Å². The SMILES string of the molecule is CCc1cccc(Nc2[nH][nH]c3c4cc(OC)c(OC)cc4cc2-3)c1. The zero-order chi connectivity index (χ0) is 17.4. The van der Waals surface area contributed by atoms with Gasteiger partial charge in [-0.3, -0.25) is 10.2 Å². The van der Waals surface area contributed by atoms with Crippen LogP contribution >= 0.6 is 0 Å². The van der Waals surface area contributed by atoms with E-state index in [1.165, 1.54) is 5.56 Å². The number of rotatable bonds is 5. The van der Waals surface area contributed by atoms with Crippen LogP contribution in [0, 0.1) is 0 Å². The number of methoxy groups -OCH3 is 2. The summed E-state index contributed by atoms with van der Waals surface area (Å²) in [5.41, 5.74) is 4.52. The van der Waals surface area contributed by atoms with Crippen molar-refractivity contribution in [3.63, 3.8) is 0 Å². The predicted molar refractivity (Wildman–Crippen MR) is 101 cm³/mol. The van der Waals surface area contributed by atoms with E-state index >= 15 is 0 Å². The fourth-order valence-corrected chi connectivity index (χ4v) is 3.24. The summed E-state index contributed by atoms with van der Waals surface area (Å²) in [7, 11) is 3.30. The lowest BCUT2D eigenvalue weighted by Crippen LogP contribution is -1.92. The molecule has 1 aliphatic heterocycles. The standard InChI is InChI=1S/C20H21N3O2/c1-4-12-6-5-7-14(8-12)21-20-16-9-13-10-17(24-2)18(25-3)11-15(13)19(16)22-23-20/h5-11,21-23H,4H2,1-3H3. The third-order valence-electron chi connectivity index (χ3n) is 4.58. The van der Waals surface area contributed by atoms with Crippen LogP contribution in [-0.2, 0) is 6.42 Å². The zero-order valence-electron chi connectivity index (χ0n) is 14.6. The van der Waals surface area contributed by atoms with Crippen LogP contribution in [0.3, 0.4) is 0 Å². The number of aryl methyl sites for hydroxylation is 1. The van der Waals surface area contributed by atoms with Crippen LogP contribution < -0.4 is 14.8 Å². The number of fused-ring (bicyclic) bond motifs is 3. The molecule has 4 rings (SSSR count). The lowest BCUT2D eigenvalue weighted by atomic mass is 10.1. The van der Waals surface area contributed by atoms with E-state index < -0.39 is 0 Å². The van der Waals surface area contributed by atoms with Gasteiger partial charge in [-0.2, -0.15) is 0 Å². The third-order valence-corrected chi connectivity index (χ3v) is 4.58. The maximum Gasteiger partial charge on any atom is 0.161 e. The molecule has 2 aromatic carbocycles. The summed E-state index contributed by atoms with van der Waals surface area (Å²) < 4.78 is 10.8. The van der Waals surface area contributed by atoms with Crippen LogP contribution in [0.4, 0.5) is 11.5 Å². The molecular formula is C20H21N3O2. The molecule has 0 bridgehead atoms. The summed E-state index contributed by atoms with van der Waals surface area (Å²) in [6.45, 7) is 2.16. The van der Waals surface area contributed by atoms with Crippen LogP contribution in [0.25, 0.3) is 22.0 Å². The van der Waals surface area contributed by atoms with Crippen molar-refractivity contribution < 1.29 is 9.47 Å². The van der Waals surface area contributed by atoms with Crippen LogP contribution in [-0.4, -0.2) is 24.4 Å². The van der Waals surface area contributed by atoms with Crippen LogP contribution in [0.1, 0.15) is 12.5 Å². The summed E-state index contributed by atoms with van der Waals surface area (Å²) in [5.74, 6) is 2.40. The average Bonchev–Trinajstić information content (AvgIpc) is 3.20. The van der Waals surface area contributed by atoms with Crippen molar-refractivity contribution in [3.8, 4) is 22.8 Å². The van der Waals surface area contributed by atoms with Gasteiger partial charge in [0.25, 0.3) is 0 Å². The molecule has 128 valence electrons. The highest BCUT2D eigenvalue weighted by molar-refractivity contribution is 6.05. The molecule has 0 saturated heterocycles. The fourth-order valence-electron chi connectivity index (χ4n) is 3.24. The van der Waals surface area contributed by atoms with Crippen LogP contribution in [0.5, 0.6) is 11.5 Å². The topological polar surface area (TPSA) is 62.1 Å². The van der Waals surface area contributed by atoms with E-state index in [0.717, 1.165) is 51.5 Å². The summed E-state index contributed by atoms with van der Waals surface area (Å²) >= 11 is 0. The Balaban J connectivity index is 1.76. The minimum Gasteiger partial charge on any atom is -0.493 e. The van der Waals surface area contributed by atoms with E-state index in [0.29, 0.717) is 0 Å². The van der Waals surface area contributed by atoms with Crippen molar-refractivity contribution in [2.24, 2.45) is 0 Å². The summed E-state index contributed by atoms with van der Waals surface area (Å²) in [4.78, 5) is 0. The maximum absolute atomic E-state index is 5.43. The van der Waals surface area contributed by atoms with E-state index in [1.807, 2.05) is 12.1 Å². The van der Waals surface area contributed by atoms with Gasteiger partial charge in [0.1, 0.15) is 5.82 Å². The molecule has 3 N–H and O–H groups in total. The molecule has 0 amide bonds. The van der Waals surface area contributed by atoms with E-state index in [9.17, 15) is 0 Å². The third kappa shape index (κ3) is 2.58. The second-order valence-electron chi connectivity index (χ2n) is 6.03. The second kappa shape index (κ2) is 6.09. The number of aromatic nitrogens is 2. The minimum atomic E-state index is 0.724. The first-order valence-electron chi connectivity index (χ1n) is 8.34. The quantitative estimate of drug-likeness (QED) is 0.485. The first-order chi connectivity index (χ1) is 12.2. The molecule has 2 aromatic rings. The van der Waals surface area contributed by atoms with Crippen molar-refractivity contribution in [2.45, 2.75) is 13.3 Å².